The molecule has 0 spiro atoms. The van der Waals surface area contributed by atoms with Crippen LogP contribution in [0.4, 0.5) is 5.69 Å². The minimum Gasteiger partial charge on any atom is -0.496 e. The molecule has 12 nitrogen and oxygen atoms in total. The number of nitrogens with one attached hydrogen (secondary N) is 1. The lowest BCUT2D eigenvalue weighted by atomic mass is 9.98. The summed E-state index contributed by atoms with van der Waals surface area (Å²) < 4.78 is 34.9. The van der Waals surface area contributed by atoms with Crippen molar-refractivity contribution in [2.45, 2.75) is 42.5 Å². The lowest BCUT2D eigenvalue weighted by Crippen LogP contribution is -2.61. The highest BCUT2D eigenvalue weighted by molar-refractivity contribution is 7.91. The Morgan fingerprint density at radius 3 is 2.24 bits per heavy atom. The predicted octanol–water partition coefficient (Wildman–Crippen LogP) is -1.51. The van der Waals surface area contributed by atoms with E-state index in [9.17, 15) is 38.4 Å². The summed E-state index contributed by atoms with van der Waals surface area (Å²) in [6.45, 7) is 1.33. The van der Waals surface area contributed by atoms with Crippen LogP contribution in [0.1, 0.15) is 17.3 Å². The summed E-state index contributed by atoms with van der Waals surface area (Å²) in [6.07, 6.45) is -9.21. The van der Waals surface area contributed by atoms with Crippen LogP contribution in [-0.4, -0.2) is 89.4 Å². The molecule has 1 saturated heterocycles. The van der Waals surface area contributed by atoms with Crippen molar-refractivity contribution in [3.63, 3.8) is 0 Å². The van der Waals surface area contributed by atoms with Crippen LogP contribution in [-0.2, 0) is 19.4 Å². The third kappa shape index (κ3) is 4.43. The molecule has 0 radical (unpaired) electrons. The van der Waals surface area contributed by atoms with E-state index in [4.69, 9.17) is 14.6 Å². The first-order valence-corrected chi connectivity index (χ1v) is 9.96. The van der Waals surface area contributed by atoms with E-state index >= 15 is 0 Å². The summed E-state index contributed by atoms with van der Waals surface area (Å²) >= 11 is 0. The smallest absolute Gasteiger partial charge is 0.339 e. The van der Waals surface area contributed by atoms with Gasteiger partial charge in [-0.15, -0.1) is 0 Å². The van der Waals surface area contributed by atoms with E-state index in [2.05, 4.69) is 5.32 Å². The molecule has 1 aliphatic rings. The first-order chi connectivity index (χ1) is 13.4. The molecule has 0 aliphatic carbocycles. The topological polar surface area (TPSA) is 200 Å². The number of aromatic carboxylic acids is 1. The van der Waals surface area contributed by atoms with Gasteiger partial charge < -0.3 is 40.3 Å². The summed E-state index contributed by atoms with van der Waals surface area (Å²) in [4.78, 5) is 22.2. The second-order valence-corrected chi connectivity index (χ2v) is 8.44. The number of aliphatic carboxylic acids is 1. The van der Waals surface area contributed by atoms with Crippen molar-refractivity contribution in [3.05, 3.63) is 17.7 Å². The fraction of sp³-hybridized carbons (Fsp3) is 0.500. The monoisotopic (exact) mass is 435 g/mol. The Morgan fingerprint density at radius 1 is 1.14 bits per heavy atom. The van der Waals surface area contributed by atoms with Crippen LogP contribution in [0.15, 0.2) is 17.0 Å². The number of hydrogen-bond donors (Lipinski definition) is 6. The fourth-order valence-electron chi connectivity index (χ4n) is 2.78. The van der Waals surface area contributed by atoms with Gasteiger partial charge in [-0.25, -0.2) is 18.0 Å². The van der Waals surface area contributed by atoms with Crippen molar-refractivity contribution >= 4 is 27.5 Å². The number of sulfone groups is 1. The third-order valence-corrected chi connectivity index (χ3v) is 6.17. The Kier molecular flexibility index (Phi) is 6.70. The van der Waals surface area contributed by atoms with Gasteiger partial charge in [0, 0.05) is 6.07 Å². The minimum atomic E-state index is -3.98. The molecule has 1 aromatic carbocycles. The number of anilines is 1. The molecule has 1 aliphatic heterocycles. The van der Waals surface area contributed by atoms with E-state index in [1.807, 2.05) is 0 Å². The van der Waals surface area contributed by atoms with Gasteiger partial charge in [-0.2, -0.15) is 0 Å². The number of ether oxygens (including phenoxy) is 2. The third-order valence-electron chi connectivity index (χ3n) is 4.40. The van der Waals surface area contributed by atoms with Crippen LogP contribution < -0.4 is 10.1 Å². The van der Waals surface area contributed by atoms with Crippen molar-refractivity contribution in [3.8, 4) is 5.75 Å². The van der Waals surface area contributed by atoms with Gasteiger partial charge in [0.25, 0.3) is 0 Å². The van der Waals surface area contributed by atoms with Crippen molar-refractivity contribution in [2.24, 2.45) is 0 Å². The molecule has 0 saturated carbocycles. The summed E-state index contributed by atoms with van der Waals surface area (Å²) in [5.74, 6) is -3.66. The quantitative estimate of drug-likeness (QED) is 0.290. The Balaban J connectivity index is 2.55. The molecule has 1 fully saturated rings. The zero-order valence-electron chi connectivity index (χ0n) is 15.3. The molecule has 0 aromatic heterocycles. The minimum absolute atomic E-state index is 0.212. The van der Waals surface area contributed by atoms with Gasteiger partial charge in [0.05, 0.1) is 23.4 Å². The molecule has 5 atom stereocenters. The first-order valence-electron chi connectivity index (χ1n) is 8.31. The van der Waals surface area contributed by atoms with E-state index in [0.29, 0.717) is 0 Å². The molecule has 6 N–H and O–H groups in total. The zero-order valence-corrected chi connectivity index (χ0v) is 16.2. The largest absolute Gasteiger partial charge is 0.496 e. The van der Waals surface area contributed by atoms with Crippen LogP contribution in [0, 0.1) is 0 Å². The van der Waals surface area contributed by atoms with Gasteiger partial charge in [-0.1, -0.05) is 6.92 Å². The van der Waals surface area contributed by atoms with Crippen LogP contribution in [0.5, 0.6) is 5.75 Å². The maximum absolute atomic E-state index is 12.4. The number of methoxy groups -OCH3 is 1. The van der Waals surface area contributed by atoms with Gasteiger partial charge in [-0.3, -0.25) is 0 Å². The number of carboxylic acid groups (broad SMARTS) is 2. The summed E-state index contributed by atoms with van der Waals surface area (Å²) in [7, 11) is -2.82. The lowest BCUT2D eigenvalue weighted by Gasteiger charge is -2.39. The van der Waals surface area contributed by atoms with Crippen molar-refractivity contribution in [1.82, 2.24) is 0 Å². The number of carbonyl (C=O) groups is 2. The van der Waals surface area contributed by atoms with E-state index < -0.39 is 62.9 Å². The lowest BCUT2D eigenvalue weighted by molar-refractivity contribution is -0.221. The molecule has 29 heavy (non-hydrogen) atoms. The number of aliphatic hydroxyl groups is 3. The summed E-state index contributed by atoms with van der Waals surface area (Å²) in [5.41, 5.74) is -0.681. The number of rotatable bonds is 7. The van der Waals surface area contributed by atoms with Crippen LogP contribution in [0.25, 0.3) is 0 Å². The molecule has 162 valence electrons. The van der Waals surface area contributed by atoms with Crippen LogP contribution >= 0.6 is 0 Å². The van der Waals surface area contributed by atoms with Crippen LogP contribution in [0.2, 0.25) is 0 Å². The molecule has 0 bridgehead atoms. The highest BCUT2D eigenvalue weighted by Crippen LogP contribution is 2.33. The Hall–Kier alpha value is -2.45. The standard InChI is InChI=1S/C16H21NO11S/c1-3-29(25,26)9-4-6(15(21)22)8(27-2)5-7(9)17-14-12(20)10(18)11(19)13(28-14)16(23)24/h4-5,10-14,17-20H,3H2,1-2H3,(H,21,22)(H,23,24). The maximum atomic E-state index is 12.4. The zero-order chi connectivity index (χ0) is 22.1. The fourth-order valence-corrected chi connectivity index (χ4v) is 3.84. The highest BCUT2D eigenvalue weighted by Gasteiger charge is 2.47. The average Bonchev–Trinajstić information content (AvgIpc) is 2.67. The molecular weight excluding hydrogens is 414 g/mol. The average molecular weight is 435 g/mol. The van der Waals surface area contributed by atoms with E-state index in [0.717, 1.165) is 19.2 Å². The highest BCUT2D eigenvalue weighted by atomic mass is 32.2. The molecule has 1 aromatic rings. The maximum Gasteiger partial charge on any atom is 0.339 e. The normalized spacial score (nSPS) is 27.3. The second kappa shape index (κ2) is 8.51. The number of benzene rings is 1. The van der Waals surface area contributed by atoms with E-state index in [-0.39, 0.29) is 17.2 Å². The second-order valence-electron chi connectivity index (χ2n) is 6.19. The predicted molar refractivity (Wildman–Crippen MR) is 95.6 cm³/mol. The number of carboxylic acids is 2. The first kappa shape index (κ1) is 22.8. The van der Waals surface area contributed by atoms with Crippen molar-refractivity contribution < 1.29 is 53.0 Å². The molecule has 0 amide bonds. The molecule has 1 heterocycles. The van der Waals surface area contributed by atoms with Gasteiger partial charge in [-0.05, 0) is 6.07 Å². The Morgan fingerprint density at radius 2 is 1.76 bits per heavy atom. The number of hydrogen-bond acceptors (Lipinski definition) is 10. The van der Waals surface area contributed by atoms with Gasteiger partial charge >= 0.3 is 11.9 Å². The van der Waals surface area contributed by atoms with Crippen molar-refractivity contribution in [1.29, 1.82) is 0 Å². The molecule has 2 rings (SSSR count). The van der Waals surface area contributed by atoms with Crippen LogP contribution in [0.3, 0.4) is 0 Å². The Bertz CT molecular complexity index is 900. The van der Waals surface area contributed by atoms with Crippen molar-refractivity contribution in [2.75, 3.05) is 18.2 Å². The molecule has 5 unspecified atom stereocenters. The molecule has 13 heteroatoms. The van der Waals surface area contributed by atoms with E-state index in [1.165, 1.54) is 6.92 Å². The summed E-state index contributed by atoms with van der Waals surface area (Å²) in [6, 6.07) is 1.90. The molecular formula is C16H21NO11S. The summed E-state index contributed by atoms with van der Waals surface area (Å²) in [5, 5.41) is 50.6. The van der Waals surface area contributed by atoms with E-state index in [1.54, 1.807) is 0 Å². The van der Waals surface area contributed by atoms with Gasteiger partial charge in [0.1, 0.15) is 29.6 Å². The SMILES string of the molecule is CCS(=O)(=O)c1cc(C(=O)O)c(OC)cc1NC1OC(C(=O)O)C(O)C(O)C1O. The number of aliphatic hydroxyl groups excluding tert-OH is 3. The van der Waals surface area contributed by atoms with Gasteiger partial charge in [0.15, 0.2) is 22.2 Å². The Labute approximate surface area is 165 Å². The van der Waals surface area contributed by atoms with Gasteiger partial charge in [0.2, 0.25) is 0 Å².